The van der Waals surface area contributed by atoms with E-state index in [4.69, 9.17) is 9.72 Å². The fourth-order valence-corrected chi connectivity index (χ4v) is 4.14. The van der Waals surface area contributed by atoms with Crippen molar-refractivity contribution < 1.29 is 4.74 Å². The van der Waals surface area contributed by atoms with Crippen LogP contribution in [0.3, 0.4) is 0 Å². The highest BCUT2D eigenvalue weighted by Crippen LogP contribution is 2.32. The van der Waals surface area contributed by atoms with Gasteiger partial charge in [0, 0.05) is 11.3 Å². The number of hydrogen-bond acceptors (Lipinski definition) is 7. The molecule has 1 N–H and O–H groups in total. The van der Waals surface area contributed by atoms with Gasteiger partial charge < -0.3 is 10.1 Å². The number of ether oxygens (including phenoxy) is 1. The predicted octanol–water partition coefficient (Wildman–Crippen LogP) is 2.41. The molecule has 4 rings (SSSR count). The van der Waals surface area contributed by atoms with E-state index in [-0.39, 0.29) is 0 Å². The van der Waals surface area contributed by atoms with Gasteiger partial charge in [-0.15, -0.1) is 16.4 Å². The molecule has 0 amide bonds. The minimum absolute atomic E-state index is 0.486. The molecule has 0 spiro atoms. The van der Waals surface area contributed by atoms with Gasteiger partial charge in [-0.05, 0) is 60.1 Å². The summed E-state index contributed by atoms with van der Waals surface area (Å²) in [5.41, 5.74) is 1.89. The van der Waals surface area contributed by atoms with Crippen molar-refractivity contribution in [2.45, 2.75) is 25.9 Å². The zero-order valence-corrected chi connectivity index (χ0v) is 14.8. The lowest BCUT2D eigenvalue weighted by Gasteiger charge is -2.27. The predicted molar refractivity (Wildman–Crippen MR) is 95.0 cm³/mol. The highest BCUT2D eigenvalue weighted by molar-refractivity contribution is 7.09. The lowest BCUT2D eigenvalue weighted by Crippen LogP contribution is -2.33. The van der Waals surface area contributed by atoms with E-state index in [9.17, 15) is 0 Å². The number of rotatable bonds is 5. The summed E-state index contributed by atoms with van der Waals surface area (Å²) in [4.78, 5) is 4.79. The Morgan fingerprint density at radius 3 is 2.96 bits per heavy atom. The van der Waals surface area contributed by atoms with Gasteiger partial charge in [0.2, 0.25) is 0 Å². The highest BCUT2D eigenvalue weighted by atomic mass is 32.1. The first kappa shape index (κ1) is 16.2. The number of benzene rings is 1. The molecule has 25 heavy (non-hydrogen) atoms. The maximum Gasteiger partial charge on any atom is 0.143 e. The van der Waals surface area contributed by atoms with Gasteiger partial charge in [0.1, 0.15) is 18.7 Å². The standard InChI is InChI=1S/C17H20N6OS/c1-12-8-18-7-6-16(12)17-20-13(10-25-17)9-24-15-4-2-14(3-5-15)23-11-19-21-22-23/h2-5,10-12,16,18H,6-9H2,1H3/t12-,16?/m0/s1. The number of nitrogens with zero attached hydrogens (tertiary/aromatic N) is 5. The average molecular weight is 356 g/mol. The summed E-state index contributed by atoms with van der Waals surface area (Å²) >= 11 is 1.75. The second-order valence-electron chi connectivity index (χ2n) is 6.29. The highest BCUT2D eigenvalue weighted by Gasteiger charge is 2.25. The van der Waals surface area contributed by atoms with Gasteiger partial charge in [-0.25, -0.2) is 9.67 Å². The van der Waals surface area contributed by atoms with Crippen LogP contribution in [0.5, 0.6) is 5.75 Å². The molecule has 2 atom stereocenters. The summed E-state index contributed by atoms with van der Waals surface area (Å²) < 4.78 is 7.47. The first-order valence-corrected chi connectivity index (χ1v) is 9.29. The number of aromatic nitrogens is 5. The molecule has 1 aliphatic rings. The van der Waals surface area contributed by atoms with E-state index in [2.05, 4.69) is 33.1 Å². The lowest BCUT2D eigenvalue weighted by atomic mass is 9.88. The van der Waals surface area contributed by atoms with Crippen LogP contribution in [0.2, 0.25) is 0 Å². The number of tetrazole rings is 1. The third-order valence-corrected chi connectivity index (χ3v) is 5.53. The minimum Gasteiger partial charge on any atom is -0.487 e. The van der Waals surface area contributed by atoms with Gasteiger partial charge in [-0.3, -0.25) is 0 Å². The van der Waals surface area contributed by atoms with Gasteiger partial charge in [0.25, 0.3) is 0 Å². The molecule has 1 unspecified atom stereocenters. The molecule has 1 aliphatic heterocycles. The van der Waals surface area contributed by atoms with E-state index in [0.29, 0.717) is 18.4 Å². The smallest absolute Gasteiger partial charge is 0.143 e. The molecular formula is C17H20N6OS. The molecule has 1 aromatic carbocycles. The molecule has 2 aromatic heterocycles. The molecular weight excluding hydrogens is 336 g/mol. The normalized spacial score (nSPS) is 20.5. The molecule has 0 radical (unpaired) electrons. The number of hydrogen-bond donors (Lipinski definition) is 1. The van der Waals surface area contributed by atoms with Crippen LogP contribution in [0.15, 0.2) is 36.0 Å². The van der Waals surface area contributed by atoms with E-state index < -0.39 is 0 Å². The molecule has 1 saturated heterocycles. The fraction of sp³-hybridized carbons (Fsp3) is 0.412. The van der Waals surface area contributed by atoms with E-state index >= 15 is 0 Å². The number of piperidine rings is 1. The lowest BCUT2D eigenvalue weighted by molar-refractivity contribution is 0.300. The molecule has 3 aromatic rings. The van der Waals surface area contributed by atoms with Gasteiger partial charge in [-0.1, -0.05) is 6.92 Å². The zero-order chi connectivity index (χ0) is 17.1. The Kier molecular flexibility index (Phi) is 4.71. The molecule has 0 saturated carbocycles. The van der Waals surface area contributed by atoms with Crippen LogP contribution in [-0.2, 0) is 6.61 Å². The van der Waals surface area contributed by atoms with Crippen molar-refractivity contribution in [2.24, 2.45) is 5.92 Å². The monoisotopic (exact) mass is 356 g/mol. The number of thiazole rings is 1. The molecule has 130 valence electrons. The molecule has 8 heteroatoms. The Hall–Kier alpha value is -2.32. The average Bonchev–Trinajstić information content (AvgIpc) is 3.33. The first-order valence-electron chi connectivity index (χ1n) is 8.41. The summed E-state index contributed by atoms with van der Waals surface area (Å²) in [6.45, 7) is 4.93. The third kappa shape index (κ3) is 3.69. The van der Waals surface area contributed by atoms with Gasteiger partial charge >= 0.3 is 0 Å². The summed E-state index contributed by atoms with van der Waals surface area (Å²) in [7, 11) is 0. The Balaban J connectivity index is 1.37. The van der Waals surface area contributed by atoms with Crippen LogP contribution in [0.25, 0.3) is 5.69 Å². The second kappa shape index (κ2) is 7.28. The van der Waals surface area contributed by atoms with Crippen molar-refractivity contribution in [3.8, 4) is 11.4 Å². The maximum atomic E-state index is 5.86. The largest absolute Gasteiger partial charge is 0.487 e. The molecule has 7 nitrogen and oxygen atoms in total. The van der Waals surface area contributed by atoms with Crippen molar-refractivity contribution in [3.05, 3.63) is 46.7 Å². The van der Waals surface area contributed by atoms with Crippen LogP contribution < -0.4 is 10.1 Å². The van der Waals surface area contributed by atoms with Crippen LogP contribution in [-0.4, -0.2) is 38.3 Å². The van der Waals surface area contributed by atoms with Gasteiger partial charge in [-0.2, -0.15) is 0 Å². The van der Waals surface area contributed by atoms with Crippen molar-refractivity contribution in [1.29, 1.82) is 0 Å². The van der Waals surface area contributed by atoms with Crippen molar-refractivity contribution in [2.75, 3.05) is 13.1 Å². The summed E-state index contributed by atoms with van der Waals surface area (Å²) in [6, 6.07) is 7.68. The maximum absolute atomic E-state index is 5.86. The van der Waals surface area contributed by atoms with Crippen molar-refractivity contribution >= 4 is 11.3 Å². The summed E-state index contributed by atoms with van der Waals surface area (Å²) in [5.74, 6) is 2.00. The Labute approximate surface area is 150 Å². The van der Waals surface area contributed by atoms with Crippen LogP contribution in [0.4, 0.5) is 0 Å². The molecule has 1 fully saturated rings. The van der Waals surface area contributed by atoms with Crippen LogP contribution in [0.1, 0.15) is 30.0 Å². The Morgan fingerprint density at radius 2 is 2.20 bits per heavy atom. The van der Waals surface area contributed by atoms with Crippen molar-refractivity contribution in [1.82, 2.24) is 30.5 Å². The summed E-state index contributed by atoms with van der Waals surface area (Å²) in [5, 5.41) is 17.9. The fourth-order valence-electron chi connectivity index (χ4n) is 3.07. The number of nitrogens with one attached hydrogen (secondary N) is 1. The van der Waals surface area contributed by atoms with E-state index in [1.165, 1.54) is 5.01 Å². The molecule has 0 bridgehead atoms. The Morgan fingerprint density at radius 1 is 1.32 bits per heavy atom. The third-order valence-electron chi connectivity index (χ3n) is 4.51. The summed E-state index contributed by atoms with van der Waals surface area (Å²) in [6.07, 6.45) is 2.72. The minimum atomic E-state index is 0.486. The van der Waals surface area contributed by atoms with Gasteiger partial charge in [0.05, 0.1) is 16.4 Å². The zero-order valence-electron chi connectivity index (χ0n) is 14.0. The van der Waals surface area contributed by atoms with Gasteiger partial charge in [0.15, 0.2) is 0 Å². The molecule has 3 heterocycles. The van der Waals surface area contributed by atoms with E-state index in [0.717, 1.165) is 36.6 Å². The van der Waals surface area contributed by atoms with E-state index in [1.807, 2.05) is 24.3 Å². The topological polar surface area (TPSA) is 77.8 Å². The Bertz CT molecular complexity index is 801. The van der Waals surface area contributed by atoms with Crippen LogP contribution >= 0.6 is 11.3 Å². The first-order chi connectivity index (χ1) is 12.3. The van der Waals surface area contributed by atoms with E-state index in [1.54, 1.807) is 22.3 Å². The second-order valence-corrected chi connectivity index (χ2v) is 7.18. The molecule has 0 aliphatic carbocycles. The van der Waals surface area contributed by atoms with Crippen molar-refractivity contribution in [3.63, 3.8) is 0 Å². The quantitative estimate of drug-likeness (QED) is 0.756. The van der Waals surface area contributed by atoms with Crippen LogP contribution in [0, 0.1) is 5.92 Å². The SMILES string of the molecule is C[C@H]1CNCCC1c1nc(COc2ccc(-n3cnnn3)cc2)cs1.